The maximum absolute atomic E-state index is 13.8. The Balaban J connectivity index is 1.78. The van der Waals surface area contributed by atoms with E-state index in [4.69, 9.17) is 14.5 Å². The molecule has 5 rings (SSSR count). The number of nitrogens with zero attached hydrogens (tertiary/aromatic N) is 6. The first-order chi connectivity index (χ1) is 16.5. The molecule has 1 aromatic carbocycles. The third-order valence-electron chi connectivity index (χ3n) is 5.82. The van der Waals surface area contributed by atoms with Crippen LogP contribution in [0, 0.1) is 6.92 Å². The maximum Gasteiger partial charge on any atom is 0.318 e. The van der Waals surface area contributed by atoms with E-state index in [1.54, 1.807) is 30.1 Å². The molecule has 0 saturated heterocycles. The van der Waals surface area contributed by atoms with Crippen LogP contribution in [0.1, 0.15) is 24.0 Å². The molecule has 0 unspecified atom stereocenters. The Morgan fingerprint density at radius 1 is 1.06 bits per heavy atom. The van der Waals surface area contributed by atoms with E-state index in [0.29, 0.717) is 46.5 Å². The minimum Gasteiger partial charge on any atom is -0.497 e. The minimum atomic E-state index is -0.267. The number of aryl methyl sites for hydroxylation is 2. The molecule has 34 heavy (non-hydrogen) atoms. The van der Waals surface area contributed by atoms with E-state index in [1.165, 1.54) is 0 Å². The molecule has 0 radical (unpaired) electrons. The van der Waals surface area contributed by atoms with Crippen molar-refractivity contribution in [3.63, 3.8) is 0 Å². The Morgan fingerprint density at radius 2 is 1.85 bits per heavy atom. The summed E-state index contributed by atoms with van der Waals surface area (Å²) in [4.78, 5) is 31.9. The number of methoxy groups -OCH3 is 1. The summed E-state index contributed by atoms with van der Waals surface area (Å²) in [6.45, 7) is 4.14. The first kappa shape index (κ1) is 21.6. The lowest BCUT2D eigenvalue weighted by Gasteiger charge is -2.13. The monoisotopic (exact) mass is 456 g/mol. The van der Waals surface area contributed by atoms with Gasteiger partial charge in [-0.1, -0.05) is 12.1 Å². The largest absolute Gasteiger partial charge is 0.497 e. The Morgan fingerprint density at radius 3 is 2.56 bits per heavy atom. The maximum atomic E-state index is 13.8. The van der Waals surface area contributed by atoms with Gasteiger partial charge in [0.1, 0.15) is 11.6 Å². The van der Waals surface area contributed by atoms with Gasteiger partial charge in [-0.05, 0) is 43.7 Å². The predicted molar refractivity (Wildman–Crippen MR) is 129 cm³/mol. The summed E-state index contributed by atoms with van der Waals surface area (Å²) in [7, 11) is 3.54. The van der Waals surface area contributed by atoms with Gasteiger partial charge in [0, 0.05) is 25.9 Å². The summed E-state index contributed by atoms with van der Waals surface area (Å²) in [5.41, 5.74) is 3.63. The molecule has 0 fully saturated rings. The number of aromatic nitrogens is 6. The Bertz CT molecular complexity index is 1570. The van der Waals surface area contributed by atoms with Crippen molar-refractivity contribution in [2.75, 3.05) is 13.7 Å². The molecule has 9 heteroatoms. The molecule has 0 saturated carbocycles. The van der Waals surface area contributed by atoms with Gasteiger partial charge in [-0.2, -0.15) is 4.98 Å². The predicted octanol–water partition coefficient (Wildman–Crippen LogP) is 3.37. The van der Waals surface area contributed by atoms with Crippen LogP contribution in [0.2, 0.25) is 0 Å². The standard InChI is InChI=1S/C25H24N6O3/c1-5-34-25-27-14-18-22-21(24(32)31(23(18)29-25)19-7-6-12-26-15(19)2)28-20(30(22)3)13-16-8-10-17(33-4)11-9-16/h6-12,14H,5,13H2,1-4H3. The number of benzene rings is 1. The fourth-order valence-electron chi connectivity index (χ4n) is 4.12. The van der Waals surface area contributed by atoms with E-state index < -0.39 is 0 Å². The number of fused-ring (bicyclic) bond motifs is 3. The zero-order chi connectivity index (χ0) is 23.8. The number of hydrogen-bond donors (Lipinski definition) is 0. The van der Waals surface area contributed by atoms with Gasteiger partial charge in [-0.25, -0.2) is 9.97 Å². The second kappa shape index (κ2) is 8.58. The topological polar surface area (TPSA) is 97.0 Å². The second-order valence-corrected chi connectivity index (χ2v) is 7.88. The van der Waals surface area contributed by atoms with Crippen molar-refractivity contribution < 1.29 is 9.47 Å². The zero-order valence-electron chi connectivity index (χ0n) is 19.4. The summed E-state index contributed by atoms with van der Waals surface area (Å²) >= 11 is 0. The first-order valence-corrected chi connectivity index (χ1v) is 11.0. The van der Waals surface area contributed by atoms with Gasteiger partial charge in [0.05, 0.1) is 36.0 Å². The average molecular weight is 457 g/mol. The molecule has 0 N–H and O–H groups in total. The molecule has 5 aromatic rings. The molecule has 0 amide bonds. The summed E-state index contributed by atoms with van der Waals surface area (Å²) < 4.78 is 14.3. The van der Waals surface area contributed by atoms with Crippen LogP contribution in [0.15, 0.2) is 53.6 Å². The van der Waals surface area contributed by atoms with Crippen LogP contribution < -0.4 is 15.0 Å². The fraction of sp³-hybridized carbons (Fsp3) is 0.240. The summed E-state index contributed by atoms with van der Waals surface area (Å²) in [5.74, 6) is 1.55. The van der Waals surface area contributed by atoms with E-state index in [2.05, 4.69) is 15.0 Å². The number of ether oxygens (including phenoxy) is 2. The Hall–Kier alpha value is -4.27. The molecule has 4 aromatic heterocycles. The van der Waals surface area contributed by atoms with Gasteiger partial charge in [0.25, 0.3) is 5.56 Å². The van der Waals surface area contributed by atoms with Crippen LogP contribution in [0.25, 0.3) is 27.8 Å². The lowest BCUT2D eigenvalue weighted by molar-refractivity contribution is 0.313. The van der Waals surface area contributed by atoms with Crippen molar-refractivity contribution in [3.8, 4) is 17.4 Å². The fourth-order valence-corrected chi connectivity index (χ4v) is 4.12. The molecule has 0 aliphatic carbocycles. The number of pyridine rings is 2. The van der Waals surface area contributed by atoms with Gasteiger partial charge in [0.2, 0.25) is 0 Å². The lowest BCUT2D eigenvalue weighted by Crippen LogP contribution is -2.22. The second-order valence-electron chi connectivity index (χ2n) is 7.88. The van der Waals surface area contributed by atoms with Crippen LogP contribution in [0.3, 0.4) is 0 Å². The Kier molecular flexibility index (Phi) is 5.45. The van der Waals surface area contributed by atoms with Gasteiger partial charge >= 0.3 is 6.01 Å². The minimum absolute atomic E-state index is 0.213. The van der Waals surface area contributed by atoms with Crippen molar-refractivity contribution >= 4 is 22.1 Å². The van der Waals surface area contributed by atoms with Gasteiger partial charge in [-0.15, -0.1) is 0 Å². The highest BCUT2D eigenvalue weighted by Crippen LogP contribution is 2.26. The third kappa shape index (κ3) is 3.55. The molecule has 4 heterocycles. The van der Waals surface area contributed by atoms with Crippen molar-refractivity contribution in [3.05, 3.63) is 76.2 Å². The number of imidazole rings is 1. The molecule has 172 valence electrons. The first-order valence-electron chi connectivity index (χ1n) is 11.0. The van der Waals surface area contributed by atoms with Crippen LogP contribution >= 0.6 is 0 Å². The number of rotatable bonds is 6. The molecule has 0 spiro atoms. The van der Waals surface area contributed by atoms with E-state index in [0.717, 1.165) is 17.1 Å². The highest BCUT2D eigenvalue weighted by molar-refractivity contribution is 6.01. The van der Waals surface area contributed by atoms with Crippen molar-refractivity contribution in [1.82, 2.24) is 29.1 Å². The molecule has 0 aliphatic rings. The molecule has 9 nitrogen and oxygen atoms in total. The van der Waals surface area contributed by atoms with Crippen LogP contribution in [-0.2, 0) is 13.5 Å². The smallest absolute Gasteiger partial charge is 0.318 e. The van der Waals surface area contributed by atoms with Crippen LogP contribution in [0.5, 0.6) is 11.8 Å². The third-order valence-corrected chi connectivity index (χ3v) is 5.82. The lowest BCUT2D eigenvalue weighted by atomic mass is 10.1. The Labute approximate surface area is 195 Å². The molecular formula is C25H24N6O3. The number of hydrogen-bond acceptors (Lipinski definition) is 7. The average Bonchev–Trinajstić information content (AvgIpc) is 3.17. The quantitative estimate of drug-likeness (QED) is 0.386. The van der Waals surface area contributed by atoms with E-state index >= 15 is 0 Å². The van der Waals surface area contributed by atoms with Crippen LogP contribution in [-0.4, -0.2) is 42.8 Å². The summed E-state index contributed by atoms with van der Waals surface area (Å²) in [6, 6.07) is 11.7. The van der Waals surface area contributed by atoms with Crippen molar-refractivity contribution in [2.24, 2.45) is 7.05 Å². The van der Waals surface area contributed by atoms with E-state index in [-0.39, 0.29) is 11.6 Å². The highest BCUT2D eigenvalue weighted by atomic mass is 16.5. The normalized spacial score (nSPS) is 11.3. The van der Waals surface area contributed by atoms with Gasteiger partial charge in [-0.3, -0.25) is 14.3 Å². The highest BCUT2D eigenvalue weighted by Gasteiger charge is 2.22. The van der Waals surface area contributed by atoms with Crippen LogP contribution in [0.4, 0.5) is 0 Å². The van der Waals surface area contributed by atoms with Crippen molar-refractivity contribution in [2.45, 2.75) is 20.3 Å². The molecule has 0 bridgehead atoms. The SMILES string of the molecule is CCOc1ncc2c3c(nc(Cc4ccc(OC)cc4)n3C)c(=O)n(-c3cccnc3C)c2n1. The van der Waals surface area contributed by atoms with Crippen molar-refractivity contribution in [1.29, 1.82) is 0 Å². The van der Waals surface area contributed by atoms with E-state index in [1.807, 2.05) is 55.8 Å². The molecule has 0 aliphatic heterocycles. The van der Waals surface area contributed by atoms with Gasteiger partial charge in [0.15, 0.2) is 11.2 Å². The summed E-state index contributed by atoms with van der Waals surface area (Å²) in [6.07, 6.45) is 3.94. The molecule has 0 atom stereocenters. The van der Waals surface area contributed by atoms with E-state index in [9.17, 15) is 4.79 Å². The molecular weight excluding hydrogens is 432 g/mol. The van der Waals surface area contributed by atoms with Gasteiger partial charge < -0.3 is 14.0 Å². The zero-order valence-corrected chi connectivity index (χ0v) is 19.4. The summed E-state index contributed by atoms with van der Waals surface area (Å²) in [5, 5.41) is 0.706.